The van der Waals surface area contributed by atoms with E-state index in [1.54, 1.807) is 12.4 Å². The van der Waals surface area contributed by atoms with Crippen LogP contribution in [0.15, 0.2) is 35.6 Å². The molecule has 23 heavy (non-hydrogen) atoms. The monoisotopic (exact) mass is 346 g/mol. The number of hydrazone groups is 1. The number of aromatic nitrogens is 2. The number of nitrogens with zero attached hydrogens (tertiary/aromatic N) is 3. The number of thiophene rings is 1. The summed E-state index contributed by atoms with van der Waals surface area (Å²) in [5, 5.41) is 9.58. The van der Waals surface area contributed by atoms with E-state index in [2.05, 4.69) is 15.6 Å². The maximum Gasteiger partial charge on any atom is 0.283 e. The van der Waals surface area contributed by atoms with Crippen molar-refractivity contribution in [1.29, 1.82) is 0 Å². The van der Waals surface area contributed by atoms with Gasteiger partial charge in [-0.3, -0.25) is 9.48 Å². The van der Waals surface area contributed by atoms with Gasteiger partial charge in [-0.25, -0.2) is 5.43 Å². The van der Waals surface area contributed by atoms with Crippen molar-refractivity contribution in [2.24, 2.45) is 5.10 Å². The summed E-state index contributed by atoms with van der Waals surface area (Å²) < 4.78 is 2.85. The van der Waals surface area contributed by atoms with Crippen LogP contribution in [0.1, 0.15) is 27.9 Å². The Morgan fingerprint density at radius 3 is 2.96 bits per heavy atom. The molecular weight excluding hydrogens is 332 g/mol. The molecular formula is C16H15ClN4OS. The van der Waals surface area contributed by atoms with Crippen molar-refractivity contribution in [1.82, 2.24) is 15.2 Å². The Bertz CT molecular complexity index is 897. The molecule has 2 heterocycles. The van der Waals surface area contributed by atoms with Crippen molar-refractivity contribution in [3.63, 3.8) is 0 Å². The fraction of sp³-hybridized carbons (Fsp3) is 0.188. The van der Waals surface area contributed by atoms with Gasteiger partial charge >= 0.3 is 0 Å². The Hall–Kier alpha value is -2.18. The van der Waals surface area contributed by atoms with Crippen LogP contribution in [0, 0.1) is 6.92 Å². The third kappa shape index (κ3) is 3.00. The number of aryl methyl sites for hydroxylation is 1. The van der Waals surface area contributed by atoms with Crippen LogP contribution in [0.2, 0.25) is 5.02 Å². The van der Waals surface area contributed by atoms with Gasteiger partial charge in [-0.1, -0.05) is 29.8 Å². The molecule has 7 heteroatoms. The first kappa shape index (κ1) is 15.7. The van der Waals surface area contributed by atoms with Gasteiger partial charge in [0, 0.05) is 27.9 Å². The van der Waals surface area contributed by atoms with Gasteiger partial charge < -0.3 is 0 Å². The lowest BCUT2D eigenvalue weighted by Crippen LogP contribution is -2.16. The quantitative estimate of drug-likeness (QED) is 0.576. The Balaban J connectivity index is 1.77. The summed E-state index contributed by atoms with van der Waals surface area (Å²) in [5.41, 5.74) is 4.40. The van der Waals surface area contributed by atoms with Gasteiger partial charge in [0.25, 0.3) is 5.91 Å². The van der Waals surface area contributed by atoms with E-state index in [9.17, 15) is 4.79 Å². The highest BCUT2D eigenvalue weighted by Crippen LogP contribution is 2.34. The van der Waals surface area contributed by atoms with Crippen LogP contribution in [-0.2, 0) is 6.54 Å². The zero-order valence-electron chi connectivity index (χ0n) is 12.7. The predicted molar refractivity (Wildman–Crippen MR) is 94.5 cm³/mol. The average molecular weight is 347 g/mol. The first-order chi connectivity index (χ1) is 11.1. The van der Waals surface area contributed by atoms with Crippen LogP contribution in [0.4, 0.5) is 0 Å². The highest BCUT2D eigenvalue weighted by molar-refractivity contribution is 7.21. The summed E-state index contributed by atoms with van der Waals surface area (Å²) in [6.45, 7) is 4.78. The van der Waals surface area contributed by atoms with Gasteiger partial charge in [-0.15, -0.1) is 11.3 Å². The third-order valence-electron chi connectivity index (χ3n) is 3.55. The Kier molecular flexibility index (Phi) is 4.45. The molecule has 3 aromatic rings. The smallest absolute Gasteiger partial charge is 0.269 e. The maximum absolute atomic E-state index is 12.3. The van der Waals surface area contributed by atoms with Gasteiger partial charge in [-0.2, -0.15) is 10.2 Å². The summed E-state index contributed by atoms with van der Waals surface area (Å²) in [5.74, 6) is -0.312. The SMILES string of the molecule is CCn1ncc(/C=N/NC(=O)c2sc3ccccc3c2Cl)c1C. The number of rotatable bonds is 4. The second kappa shape index (κ2) is 6.52. The molecule has 0 aliphatic rings. The molecule has 1 aromatic carbocycles. The second-order valence-electron chi connectivity index (χ2n) is 4.94. The normalized spacial score (nSPS) is 11.4. The number of amides is 1. The van der Waals surface area contributed by atoms with Gasteiger partial charge in [0.2, 0.25) is 0 Å². The number of nitrogens with one attached hydrogen (secondary N) is 1. The Labute approximate surface area is 142 Å². The molecule has 3 rings (SSSR count). The standard InChI is InChI=1S/C16H15ClN4OS/c1-3-21-10(2)11(9-19-21)8-18-20-16(22)15-14(17)12-6-4-5-7-13(12)23-15/h4-9H,3H2,1-2H3,(H,20,22)/b18-8+. The van der Waals surface area contributed by atoms with Crippen molar-refractivity contribution in [3.05, 3.63) is 51.6 Å². The summed E-state index contributed by atoms with van der Waals surface area (Å²) >= 11 is 7.63. The third-order valence-corrected chi connectivity index (χ3v) is 5.23. The average Bonchev–Trinajstić information content (AvgIpc) is 3.08. The molecule has 5 nitrogen and oxygen atoms in total. The number of benzene rings is 1. The van der Waals surface area contributed by atoms with Crippen LogP contribution < -0.4 is 5.43 Å². The van der Waals surface area contributed by atoms with Crippen molar-refractivity contribution in [3.8, 4) is 0 Å². The molecule has 0 spiro atoms. The van der Waals surface area contributed by atoms with E-state index in [-0.39, 0.29) is 5.91 Å². The lowest BCUT2D eigenvalue weighted by molar-refractivity contribution is 0.0959. The van der Waals surface area contributed by atoms with E-state index in [4.69, 9.17) is 11.6 Å². The number of hydrogen-bond donors (Lipinski definition) is 1. The topological polar surface area (TPSA) is 59.3 Å². The summed E-state index contributed by atoms with van der Waals surface area (Å²) in [4.78, 5) is 12.7. The van der Waals surface area contributed by atoms with Gasteiger partial charge in [-0.05, 0) is 19.9 Å². The van der Waals surface area contributed by atoms with Gasteiger partial charge in [0.05, 0.1) is 17.4 Å². The molecule has 0 fully saturated rings. The number of carbonyl (C=O) groups excluding carboxylic acids is 1. The first-order valence-electron chi connectivity index (χ1n) is 7.14. The fourth-order valence-corrected chi connectivity index (χ4v) is 3.68. The van der Waals surface area contributed by atoms with Gasteiger partial charge in [0.15, 0.2) is 0 Å². The molecule has 0 aliphatic carbocycles. The molecule has 1 N–H and O–H groups in total. The Morgan fingerprint density at radius 2 is 2.26 bits per heavy atom. The van der Waals surface area contributed by atoms with E-state index in [0.717, 1.165) is 27.9 Å². The van der Waals surface area contributed by atoms with Crippen molar-refractivity contribution < 1.29 is 4.79 Å². The maximum atomic E-state index is 12.3. The summed E-state index contributed by atoms with van der Waals surface area (Å²) in [6.07, 6.45) is 3.31. The molecule has 0 radical (unpaired) electrons. The van der Waals surface area contributed by atoms with Crippen LogP contribution >= 0.6 is 22.9 Å². The molecule has 0 atom stereocenters. The molecule has 0 saturated heterocycles. The van der Waals surface area contributed by atoms with Crippen LogP contribution in [0.5, 0.6) is 0 Å². The fourth-order valence-electron chi connectivity index (χ4n) is 2.28. The second-order valence-corrected chi connectivity index (χ2v) is 6.37. The first-order valence-corrected chi connectivity index (χ1v) is 8.34. The predicted octanol–water partition coefficient (Wildman–Crippen LogP) is 3.84. The van der Waals surface area contributed by atoms with E-state index in [1.807, 2.05) is 42.8 Å². The minimum Gasteiger partial charge on any atom is -0.269 e. The summed E-state index contributed by atoms with van der Waals surface area (Å²) in [7, 11) is 0. The minimum absolute atomic E-state index is 0.312. The van der Waals surface area contributed by atoms with Crippen LogP contribution in [-0.4, -0.2) is 21.9 Å². The lowest BCUT2D eigenvalue weighted by Gasteiger charge is -1.99. The molecule has 0 aliphatic heterocycles. The lowest BCUT2D eigenvalue weighted by atomic mass is 10.2. The largest absolute Gasteiger partial charge is 0.283 e. The zero-order chi connectivity index (χ0) is 16.4. The van der Waals surface area contributed by atoms with Crippen molar-refractivity contribution in [2.45, 2.75) is 20.4 Å². The highest BCUT2D eigenvalue weighted by atomic mass is 35.5. The van der Waals surface area contributed by atoms with E-state index in [0.29, 0.717) is 9.90 Å². The molecule has 0 saturated carbocycles. The Morgan fingerprint density at radius 1 is 1.48 bits per heavy atom. The van der Waals surface area contributed by atoms with E-state index >= 15 is 0 Å². The van der Waals surface area contributed by atoms with E-state index in [1.165, 1.54) is 11.3 Å². The number of fused-ring (bicyclic) bond motifs is 1. The van der Waals surface area contributed by atoms with Crippen molar-refractivity contribution in [2.75, 3.05) is 0 Å². The van der Waals surface area contributed by atoms with Crippen molar-refractivity contribution >= 4 is 45.1 Å². The minimum atomic E-state index is -0.312. The molecule has 2 aromatic heterocycles. The number of carbonyl (C=O) groups is 1. The highest BCUT2D eigenvalue weighted by Gasteiger charge is 2.16. The molecule has 1 amide bonds. The van der Waals surface area contributed by atoms with Crippen LogP contribution in [0.25, 0.3) is 10.1 Å². The molecule has 0 unspecified atom stereocenters. The van der Waals surface area contributed by atoms with E-state index < -0.39 is 0 Å². The molecule has 118 valence electrons. The molecule has 0 bridgehead atoms. The van der Waals surface area contributed by atoms with Crippen LogP contribution in [0.3, 0.4) is 0 Å². The van der Waals surface area contributed by atoms with Gasteiger partial charge in [0.1, 0.15) is 4.88 Å². The zero-order valence-corrected chi connectivity index (χ0v) is 14.3. The number of hydrogen-bond acceptors (Lipinski definition) is 4. The summed E-state index contributed by atoms with van der Waals surface area (Å²) in [6, 6.07) is 7.66. The number of halogens is 1.